The molecule has 0 aliphatic carbocycles. The molecule has 0 saturated carbocycles. The van der Waals surface area contributed by atoms with E-state index in [1.807, 2.05) is 25.8 Å². The predicted molar refractivity (Wildman–Crippen MR) is 84.0 cm³/mol. The number of aryl methyl sites for hydroxylation is 2. The summed E-state index contributed by atoms with van der Waals surface area (Å²) in [7, 11) is 1.96. The lowest BCUT2D eigenvalue weighted by molar-refractivity contribution is 0.0791. The van der Waals surface area contributed by atoms with Crippen LogP contribution in [-0.2, 0) is 0 Å². The van der Waals surface area contributed by atoms with Gasteiger partial charge in [0.2, 0.25) is 0 Å². The topological polar surface area (TPSA) is 45.2 Å². The number of halogens is 2. The Labute approximate surface area is 130 Å². The average Bonchev–Trinajstić information content (AvgIpc) is 2.85. The van der Waals surface area contributed by atoms with Crippen LogP contribution >= 0.6 is 36.2 Å². The smallest absolute Gasteiger partial charge is 0.265 e. The molecular weight excluding hydrogens is 305 g/mol. The van der Waals surface area contributed by atoms with Crippen LogP contribution < -0.4 is 5.32 Å². The zero-order valence-electron chi connectivity index (χ0n) is 11.4. The quantitative estimate of drug-likeness (QED) is 0.927. The molecule has 1 atom stereocenters. The minimum absolute atomic E-state index is 0. The Bertz CT molecular complexity index is 425. The van der Waals surface area contributed by atoms with Crippen LogP contribution in [0.1, 0.15) is 26.8 Å². The van der Waals surface area contributed by atoms with Crippen LogP contribution in [0.3, 0.4) is 0 Å². The number of carbonyl (C=O) groups is 1. The third-order valence-electron chi connectivity index (χ3n) is 3.16. The van der Waals surface area contributed by atoms with Crippen LogP contribution in [-0.4, -0.2) is 42.5 Å². The van der Waals surface area contributed by atoms with Gasteiger partial charge in [0, 0.05) is 13.1 Å². The molecule has 0 spiro atoms. The first kappa shape index (κ1) is 18.6. The summed E-state index contributed by atoms with van der Waals surface area (Å²) in [6.45, 7) is 6.60. The second-order valence-corrected chi connectivity index (χ2v) is 5.81. The van der Waals surface area contributed by atoms with Gasteiger partial charge in [0.15, 0.2) is 0 Å². The summed E-state index contributed by atoms with van der Waals surface area (Å²) < 4.78 is 0. The first-order chi connectivity index (χ1) is 8.11. The Morgan fingerprint density at radius 3 is 2.68 bits per heavy atom. The van der Waals surface area contributed by atoms with E-state index < -0.39 is 0 Å². The van der Waals surface area contributed by atoms with Gasteiger partial charge in [0.05, 0.1) is 10.7 Å². The number of nitrogens with zero attached hydrogens (tertiary/aromatic N) is 2. The first-order valence-corrected chi connectivity index (χ1v) is 6.81. The minimum atomic E-state index is 0. The standard InChI is InChI=1S/C12H19N3OS.2ClH/c1-8-11(17-9(2)14-8)12(16)15-5-4-10(7-15)6-13-3;;/h10,13H,4-7H2,1-3H3;2*1H. The monoisotopic (exact) mass is 325 g/mol. The van der Waals surface area contributed by atoms with E-state index in [9.17, 15) is 4.79 Å². The summed E-state index contributed by atoms with van der Waals surface area (Å²) >= 11 is 1.51. The van der Waals surface area contributed by atoms with Crippen molar-refractivity contribution in [3.8, 4) is 0 Å². The van der Waals surface area contributed by atoms with Crippen molar-refractivity contribution < 1.29 is 4.79 Å². The van der Waals surface area contributed by atoms with E-state index in [-0.39, 0.29) is 30.7 Å². The van der Waals surface area contributed by atoms with Gasteiger partial charge < -0.3 is 10.2 Å². The van der Waals surface area contributed by atoms with E-state index in [0.717, 1.165) is 41.6 Å². The highest BCUT2D eigenvalue weighted by Crippen LogP contribution is 2.23. The molecule has 0 radical (unpaired) electrons. The lowest BCUT2D eigenvalue weighted by atomic mass is 10.1. The van der Waals surface area contributed by atoms with Gasteiger partial charge >= 0.3 is 0 Å². The second kappa shape index (κ2) is 8.04. The van der Waals surface area contributed by atoms with Crippen LogP contribution in [0.4, 0.5) is 0 Å². The van der Waals surface area contributed by atoms with Gasteiger partial charge in [0.1, 0.15) is 4.88 Å². The highest BCUT2D eigenvalue weighted by atomic mass is 35.5. The number of hydrogen-bond acceptors (Lipinski definition) is 4. The minimum Gasteiger partial charge on any atom is -0.338 e. The molecule has 2 heterocycles. The van der Waals surface area contributed by atoms with Crippen LogP contribution in [0.2, 0.25) is 0 Å². The summed E-state index contributed by atoms with van der Waals surface area (Å²) in [4.78, 5) is 19.4. The molecule has 1 fully saturated rings. The molecule has 1 amide bonds. The van der Waals surface area contributed by atoms with Crippen LogP contribution in [0.25, 0.3) is 0 Å². The maximum Gasteiger partial charge on any atom is 0.265 e. The van der Waals surface area contributed by atoms with Crippen molar-refractivity contribution in [2.45, 2.75) is 20.3 Å². The summed E-state index contributed by atoms with van der Waals surface area (Å²) in [5, 5.41) is 4.15. The van der Waals surface area contributed by atoms with Crippen LogP contribution in [0, 0.1) is 19.8 Å². The molecule has 7 heteroatoms. The van der Waals surface area contributed by atoms with Gasteiger partial charge in [-0.2, -0.15) is 0 Å². The number of thiazole rings is 1. The summed E-state index contributed by atoms with van der Waals surface area (Å²) in [5.74, 6) is 0.755. The highest BCUT2D eigenvalue weighted by Gasteiger charge is 2.28. The number of nitrogens with one attached hydrogen (secondary N) is 1. The third kappa shape index (κ3) is 4.31. The number of rotatable bonds is 3. The zero-order valence-corrected chi connectivity index (χ0v) is 13.9. The molecule has 1 N–H and O–H groups in total. The van der Waals surface area contributed by atoms with E-state index in [1.54, 1.807) is 0 Å². The molecule has 2 rings (SSSR count). The lowest BCUT2D eigenvalue weighted by Crippen LogP contribution is -2.30. The fourth-order valence-electron chi connectivity index (χ4n) is 2.35. The van der Waals surface area contributed by atoms with Gasteiger partial charge in [-0.3, -0.25) is 4.79 Å². The Kier molecular flexibility index (Phi) is 7.89. The fraction of sp³-hybridized carbons (Fsp3) is 0.667. The molecule has 4 nitrogen and oxygen atoms in total. The zero-order chi connectivity index (χ0) is 12.4. The van der Waals surface area contributed by atoms with Gasteiger partial charge in [-0.1, -0.05) is 0 Å². The number of likely N-dealkylation sites (tertiary alicyclic amines) is 1. The third-order valence-corrected chi connectivity index (χ3v) is 4.22. The van der Waals surface area contributed by atoms with Gasteiger partial charge in [-0.15, -0.1) is 36.2 Å². The Balaban J connectivity index is 0.00000162. The second-order valence-electron chi connectivity index (χ2n) is 4.61. The molecule has 19 heavy (non-hydrogen) atoms. The van der Waals surface area contributed by atoms with Crippen LogP contribution in [0.5, 0.6) is 0 Å². The molecule has 110 valence electrons. The SMILES string of the molecule is CNCC1CCN(C(=O)c2sc(C)nc2C)C1.Cl.Cl. The molecule has 1 aliphatic heterocycles. The number of carbonyl (C=O) groups excluding carboxylic acids is 1. The highest BCUT2D eigenvalue weighted by molar-refractivity contribution is 7.13. The van der Waals surface area contributed by atoms with Gasteiger partial charge in [-0.25, -0.2) is 4.98 Å². The van der Waals surface area contributed by atoms with Gasteiger partial charge in [0.25, 0.3) is 5.91 Å². The summed E-state index contributed by atoms with van der Waals surface area (Å²) in [6.07, 6.45) is 1.10. The van der Waals surface area contributed by atoms with Crippen molar-refractivity contribution in [1.29, 1.82) is 0 Å². The molecule has 1 aliphatic rings. The molecule has 1 saturated heterocycles. The molecule has 0 aromatic carbocycles. The van der Waals surface area contributed by atoms with Crippen molar-refractivity contribution in [2.75, 3.05) is 26.7 Å². The lowest BCUT2D eigenvalue weighted by Gasteiger charge is -2.15. The Hall–Kier alpha value is -0.360. The fourth-order valence-corrected chi connectivity index (χ4v) is 3.23. The van der Waals surface area contributed by atoms with E-state index >= 15 is 0 Å². The Morgan fingerprint density at radius 1 is 1.47 bits per heavy atom. The molecule has 1 unspecified atom stereocenters. The number of amides is 1. The first-order valence-electron chi connectivity index (χ1n) is 5.99. The predicted octanol–water partition coefficient (Wildman–Crippen LogP) is 2.29. The summed E-state index contributed by atoms with van der Waals surface area (Å²) in [6, 6.07) is 0. The van der Waals surface area contributed by atoms with Gasteiger partial charge in [-0.05, 0) is 39.8 Å². The van der Waals surface area contributed by atoms with Crippen molar-refractivity contribution in [3.05, 3.63) is 15.6 Å². The largest absolute Gasteiger partial charge is 0.338 e. The number of aromatic nitrogens is 1. The normalized spacial score (nSPS) is 17.8. The molecule has 0 bridgehead atoms. The van der Waals surface area contributed by atoms with E-state index in [4.69, 9.17) is 0 Å². The number of hydrogen-bond donors (Lipinski definition) is 1. The van der Waals surface area contributed by atoms with E-state index in [2.05, 4.69) is 10.3 Å². The van der Waals surface area contributed by atoms with Crippen molar-refractivity contribution in [2.24, 2.45) is 5.92 Å². The van der Waals surface area contributed by atoms with Crippen molar-refractivity contribution in [3.63, 3.8) is 0 Å². The maximum atomic E-state index is 12.3. The molecule has 1 aromatic heterocycles. The summed E-state index contributed by atoms with van der Waals surface area (Å²) in [5.41, 5.74) is 0.870. The van der Waals surface area contributed by atoms with Crippen molar-refractivity contribution >= 4 is 42.1 Å². The van der Waals surface area contributed by atoms with Crippen LogP contribution in [0.15, 0.2) is 0 Å². The maximum absolute atomic E-state index is 12.3. The van der Waals surface area contributed by atoms with E-state index in [0.29, 0.717) is 5.92 Å². The van der Waals surface area contributed by atoms with E-state index in [1.165, 1.54) is 11.3 Å². The average molecular weight is 326 g/mol. The molecule has 1 aromatic rings. The molecular formula is C12H21Cl2N3OS. The van der Waals surface area contributed by atoms with Crippen molar-refractivity contribution in [1.82, 2.24) is 15.2 Å². The Morgan fingerprint density at radius 2 is 2.16 bits per heavy atom.